The van der Waals surface area contributed by atoms with Crippen LogP contribution < -0.4 is 4.72 Å². The van der Waals surface area contributed by atoms with Gasteiger partial charge in [0, 0.05) is 0 Å². The van der Waals surface area contributed by atoms with Gasteiger partial charge in [0.2, 0.25) is 0 Å². The van der Waals surface area contributed by atoms with Gasteiger partial charge in [0.05, 0.1) is 19.3 Å². The van der Waals surface area contributed by atoms with Crippen LogP contribution in [0.15, 0.2) is 0 Å². The highest BCUT2D eigenvalue weighted by molar-refractivity contribution is 7.90. The van der Waals surface area contributed by atoms with E-state index in [1.807, 2.05) is 0 Å². The Hall–Kier alpha value is -0.340. The maximum Gasteiger partial charge on any atom is 0.511 e. The minimum Gasteiger partial charge on any atom is -0.378 e. The third-order valence-electron chi connectivity index (χ3n) is 1.26. The monoisotopic (exact) mass is 205 g/mol. The molecule has 12 heavy (non-hydrogen) atoms. The Morgan fingerprint density at radius 3 is 2.08 bits per heavy atom. The van der Waals surface area contributed by atoms with Gasteiger partial charge in [0.1, 0.15) is 0 Å². The number of rotatable bonds is 2. The topological polar surface area (TPSA) is 55.4 Å². The van der Waals surface area contributed by atoms with Crippen molar-refractivity contribution < 1.29 is 26.3 Å². The molecule has 1 aliphatic rings. The molecular formula is C4H6F3NO3S. The van der Waals surface area contributed by atoms with Crippen molar-refractivity contribution in [3.05, 3.63) is 0 Å². The number of hydrogen-bond donors (Lipinski definition) is 1. The summed E-state index contributed by atoms with van der Waals surface area (Å²) in [5.41, 5.74) is -5.23. The predicted octanol–water partition coefficient (Wildman–Crippen LogP) is -0.176. The molecule has 0 aliphatic carbocycles. The Morgan fingerprint density at radius 2 is 1.83 bits per heavy atom. The normalized spacial score (nSPS) is 20.6. The van der Waals surface area contributed by atoms with E-state index in [0.717, 1.165) is 0 Å². The van der Waals surface area contributed by atoms with Gasteiger partial charge in [0.15, 0.2) is 0 Å². The molecule has 0 saturated carbocycles. The third kappa shape index (κ3) is 1.87. The lowest BCUT2D eigenvalue weighted by Crippen LogP contribution is -2.52. The van der Waals surface area contributed by atoms with Gasteiger partial charge < -0.3 is 4.74 Å². The van der Waals surface area contributed by atoms with Crippen molar-refractivity contribution in [2.24, 2.45) is 0 Å². The molecule has 72 valence electrons. The van der Waals surface area contributed by atoms with E-state index >= 15 is 0 Å². The highest BCUT2D eigenvalue weighted by Gasteiger charge is 2.47. The van der Waals surface area contributed by atoms with E-state index in [1.165, 1.54) is 4.72 Å². The first-order valence-corrected chi connectivity index (χ1v) is 4.47. The first kappa shape index (κ1) is 9.75. The first-order valence-electron chi connectivity index (χ1n) is 2.99. The van der Waals surface area contributed by atoms with Crippen LogP contribution in [0.25, 0.3) is 0 Å². The van der Waals surface area contributed by atoms with Crippen LogP contribution >= 0.6 is 0 Å². The predicted molar refractivity (Wildman–Crippen MR) is 32.7 cm³/mol. The van der Waals surface area contributed by atoms with Crippen molar-refractivity contribution in [2.75, 3.05) is 13.2 Å². The highest BCUT2D eigenvalue weighted by Crippen LogP contribution is 2.22. The molecule has 1 N–H and O–H groups in total. The number of hydrogen-bond acceptors (Lipinski definition) is 3. The summed E-state index contributed by atoms with van der Waals surface area (Å²) in [5, 5.41) is 0. The van der Waals surface area contributed by atoms with Crippen LogP contribution in [0.2, 0.25) is 0 Å². The summed E-state index contributed by atoms with van der Waals surface area (Å²) >= 11 is 0. The van der Waals surface area contributed by atoms with Crippen LogP contribution in [0.5, 0.6) is 0 Å². The van der Waals surface area contributed by atoms with Crippen LogP contribution in [0.1, 0.15) is 0 Å². The Morgan fingerprint density at radius 1 is 1.33 bits per heavy atom. The molecular weight excluding hydrogens is 199 g/mol. The lowest BCUT2D eigenvalue weighted by Gasteiger charge is -2.26. The van der Waals surface area contributed by atoms with Gasteiger partial charge in [-0.3, -0.25) is 0 Å². The second-order valence-electron chi connectivity index (χ2n) is 2.30. The second kappa shape index (κ2) is 2.86. The number of ether oxygens (including phenoxy) is 1. The summed E-state index contributed by atoms with van der Waals surface area (Å²) < 4.78 is 61.7. The molecule has 1 fully saturated rings. The molecule has 0 aromatic heterocycles. The molecule has 8 heteroatoms. The SMILES string of the molecule is O=S(=O)(NC1COC1)C(F)(F)F. The van der Waals surface area contributed by atoms with E-state index in [1.54, 1.807) is 0 Å². The van der Waals surface area contributed by atoms with Gasteiger partial charge in [-0.25, -0.2) is 8.42 Å². The van der Waals surface area contributed by atoms with Crippen molar-refractivity contribution in [1.82, 2.24) is 4.72 Å². The average Bonchev–Trinajstić information content (AvgIpc) is 1.76. The fraction of sp³-hybridized carbons (Fsp3) is 1.00. The molecule has 1 saturated heterocycles. The van der Waals surface area contributed by atoms with E-state index < -0.39 is 21.6 Å². The molecule has 1 rings (SSSR count). The van der Waals surface area contributed by atoms with Crippen molar-refractivity contribution in [3.8, 4) is 0 Å². The Kier molecular flexibility index (Phi) is 2.32. The molecule has 0 aromatic carbocycles. The second-order valence-corrected chi connectivity index (χ2v) is 4.01. The van der Waals surface area contributed by atoms with Crippen molar-refractivity contribution >= 4 is 10.0 Å². The van der Waals surface area contributed by atoms with E-state index in [-0.39, 0.29) is 13.2 Å². The van der Waals surface area contributed by atoms with Gasteiger partial charge in [-0.2, -0.15) is 17.9 Å². The molecule has 0 aromatic rings. The van der Waals surface area contributed by atoms with Crippen LogP contribution in [0, 0.1) is 0 Å². The standard InChI is InChI=1S/C4H6F3NO3S/c5-4(6,7)12(9,10)8-3-1-11-2-3/h3,8H,1-2H2. The van der Waals surface area contributed by atoms with Gasteiger partial charge in [0.25, 0.3) is 0 Å². The number of alkyl halides is 3. The average molecular weight is 205 g/mol. The molecule has 4 nitrogen and oxygen atoms in total. The van der Waals surface area contributed by atoms with Crippen molar-refractivity contribution in [2.45, 2.75) is 11.6 Å². The maximum atomic E-state index is 11.7. The fourth-order valence-electron chi connectivity index (χ4n) is 0.590. The molecule has 0 unspecified atom stereocenters. The lowest BCUT2D eigenvalue weighted by molar-refractivity contribution is -0.0486. The van der Waals surface area contributed by atoms with Gasteiger partial charge in [-0.15, -0.1) is 0 Å². The third-order valence-corrected chi connectivity index (χ3v) is 2.52. The summed E-state index contributed by atoms with van der Waals surface area (Å²) in [7, 11) is -5.19. The van der Waals surface area contributed by atoms with Gasteiger partial charge in [-0.05, 0) is 0 Å². The van der Waals surface area contributed by atoms with E-state index in [9.17, 15) is 21.6 Å². The largest absolute Gasteiger partial charge is 0.511 e. The van der Waals surface area contributed by atoms with Crippen LogP contribution in [-0.2, 0) is 14.8 Å². The summed E-state index contributed by atoms with van der Waals surface area (Å²) in [5.74, 6) is 0. The molecule has 0 bridgehead atoms. The van der Waals surface area contributed by atoms with Crippen molar-refractivity contribution in [1.29, 1.82) is 0 Å². The minimum absolute atomic E-state index is 0.00465. The van der Waals surface area contributed by atoms with E-state index in [2.05, 4.69) is 4.74 Å². The zero-order chi connectivity index (χ0) is 9.41. The number of nitrogens with one attached hydrogen (secondary N) is 1. The lowest BCUT2D eigenvalue weighted by atomic mass is 10.3. The fourth-order valence-corrected chi connectivity index (χ4v) is 1.30. The Labute approximate surface area is 66.7 Å². The van der Waals surface area contributed by atoms with Crippen LogP contribution in [0.4, 0.5) is 13.2 Å². The van der Waals surface area contributed by atoms with Gasteiger partial charge in [-0.1, -0.05) is 0 Å². The van der Waals surface area contributed by atoms with Crippen LogP contribution in [0.3, 0.4) is 0 Å². The molecule has 0 amide bonds. The first-order chi connectivity index (χ1) is 5.33. The summed E-state index contributed by atoms with van der Waals surface area (Å²) in [6, 6.07) is -0.739. The smallest absolute Gasteiger partial charge is 0.378 e. The Bertz CT molecular complexity index is 255. The minimum atomic E-state index is -5.23. The molecule has 0 spiro atoms. The number of halogens is 3. The zero-order valence-corrected chi connectivity index (χ0v) is 6.57. The van der Waals surface area contributed by atoms with Gasteiger partial charge >= 0.3 is 15.5 Å². The van der Waals surface area contributed by atoms with E-state index in [4.69, 9.17) is 0 Å². The van der Waals surface area contributed by atoms with Crippen LogP contribution in [-0.4, -0.2) is 33.2 Å². The summed E-state index contributed by atoms with van der Waals surface area (Å²) in [4.78, 5) is 0. The molecule has 1 aliphatic heterocycles. The summed E-state index contributed by atoms with van der Waals surface area (Å²) in [6.07, 6.45) is 0. The quantitative estimate of drug-likeness (QED) is 0.680. The maximum absolute atomic E-state index is 11.7. The number of sulfonamides is 1. The molecule has 0 radical (unpaired) electrons. The Balaban J connectivity index is 2.60. The summed E-state index contributed by atoms with van der Waals surface area (Å²) in [6.45, 7) is -0.00931. The zero-order valence-electron chi connectivity index (χ0n) is 5.76. The highest BCUT2D eigenvalue weighted by atomic mass is 32.2. The van der Waals surface area contributed by atoms with E-state index in [0.29, 0.717) is 0 Å². The van der Waals surface area contributed by atoms with Crippen molar-refractivity contribution in [3.63, 3.8) is 0 Å². The molecule has 1 heterocycles. The molecule has 0 atom stereocenters.